The average Bonchev–Trinajstić information content (AvgIpc) is 2.14. The highest BCUT2D eigenvalue weighted by Gasteiger charge is 2.12. The summed E-state index contributed by atoms with van der Waals surface area (Å²) in [6, 6.07) is 1.96. The molecule has 0 atom stereocenters. The van der Waals surface area contributed by atoms with E-state index in [4.69, 9.17) is 5.26 Å². The van der Waals surface area contributed by atoms with Crippen LogP contribution in [0.4, 0.5) is 8.78 Å². The quantitative estimate of drug-likeness (QED) is 0.483. The summed E-state index contributed by atoms with van der Waals surface area (Å²) in [5, 5.41) is 11.1. The minimum absolute atomic E-state index is 0.0925. The van der Waals surface area contributed by atoms with Crippen molar-refractivity contribution in [2.75, 3.05) is 7.11 Å². The molecule has 1 aromatic rings. The lowest BCUT2D eigenvalue weighted by atomic mass is 10.3. The van der Waals surface area contributed by atoms with Gasteiger partial charge in [-0.1, -0.05) is 5.04 Å². The number of halogens is 2. The molecule has 7 heteroatoms. The lowest BCUT2D eigenvalue weighted by Crippen LogP contribution is -1.93. The first-order valence-electron chi connectivity index (χ1n) is 3.37. The van der Waals surface area contributed by atoms with Crippen molar-refractivity contribution in [3.8, 4) is 5.75 Å². The van der Waals surface area contributed by atoms with Crippen LogP contribution in [-0.4, -0.2) is 12.4 Å². The Morgan fingerprint density at radius 3 is 2.29 bits per heavy atom. The predicted octanol–water partition coefficient (Wildman–Crippen LogP) is 2.40. The third-order valence-corrected chi connectivity index (χ3v) is 1.89. The fourth-order valence-corrected chi connectivity index (χ4v) is 1.25. The van der Waals surface area contributed by atoms with E-state index in [2.05, 4.69) is 14.1 Å². The smallest absolute Gasteiger partial charge is 0.190 e. The summed E-state index contributed by atoms with van der Waals surface area (Å²) in [6.45, 7) is 0. The number of hydrogen-bond donors (Lipinski definition) is 1. The molecule has 0 bridgehead atoms. The maximum Gasteiger partial charge on any atom is 0.190 e. The molecule has 1 rings (SSSR count). The predicted molar refractivity (Wildman–Crippen MR) is 43.6 cm³/mol. The Labute approximate surface area is 82.5 Å². The van der Waals surface area contributed by atoms with Gasteiger partial charge in [-0.05, 0) is 12.1 Å². The molecule has 4 nitrogen and oxygen atoms in total. The van der Waals surface area contributed by atoms with Crippen LogP contribution < -0.4 is 4.74 Å². The second kappa shape index (κ2) is 5.11. The summed E-state index contributed by atoms with van der Waals surface area (Å²) in [5.41, 5.74) is 0. The molecule has 0 fully saturated rings. The van der Waals surface area contributed by atoms with E-state index in [1.165, 1.54) is 0 Å². The Morgan fingerprint density at radius 1 is 1.29 bits per heavy atom. The molecule has 0 aliphatic heterocycles. The topological polar surface area (TPSA) is 47.9 Å². The van der Waals surface area contributed by atoms with E-state index in [1.807, 2.05) is 0 Å². The SMILES string of the molecule is COc1c(F)cc(SOOO)cc1F. The monoisotopic (exact) mass is 224 g/mol. The van der Waals surface area contributed by atoms with Crippen LogP contribution in [0.1, 0.15) is 0 Å². The minimum Gasteiger partial charge on any atom is -0.491 e. The van der Waals surface area contributed by atoms with Gasteiger partial charge in [-0.25, -0.2) is 14.0 Å². The van der Waals surface area contributed by atoms with Gasteiger partial charge in [-0.2, -0.15) is 0 Å². The standard InChI is InChI=1S/C7H6F2O4S/c1-11-7-5(8)2-4(3-6(7)9)14-13-12-10/h2-3,10H,1H3. The molecule has 0 radical (unpaired) electrons. The summed E-state index contributed by atoms with van der Waals surface area (Å²) in [6.07, 6.45) is 0. The first kappa shape index (κ1) is 11.2. The second-order valence-electron chi connectivity index (χ2n) is 2.15. The highest BCUT2D eigenvalue weighted by Crippen LogP contribution is 2.28. The van der Waals surface area contributed by atoms with Gasteiger partial charge in [-0.3, -0.25) is 0 Å². The van der Waals surface area contributed by atoms with Gasteiger partial charge < -0.3 is 4.74 Å². The van der Waals surface area contributed by atoms with E-state index in [-0.39, 0.29) is 4.90 Å². The third-order valence-electron chi connectivity index (χ3n) is 1.34. The molecule has 0 aliphatic rings. The molecule has 78 valence electrons. The molecule has 0 saturated heterocycles. The van der Waals surface area contributed by atoms with E-state index >= 15 is 0 Å². The zero-order valence-corrected chi connectivity index (χ0v) is 7.81. The van der Waals surface area contributed by atoms with Crippen molar-refractivity contribution in [1.82, 2.24) is 0 Å². The number of ether oxygens (including phenoxy) is 1. The molecule has 0 amide bonds. The van der Waals surface area contributed by atoms with Crippen LogP contribution in [-0.2, 0) is 9.37 Å². The largest absolute Gasteiger partial charge is 0.491 e. The van der Waals surface area contributed by atoms with E-state index < -0.39 is 17.4 Å². The molecular formula is C7H6F2O4S. The number of methoxy groups -OCH3 is 1. The summed E-state index contributed by atoms with van der Waals surface area (Å²) < 4.78 is 34.5. The van der Waals surface area contributed by atoms with Crippen LogP contribution in [0.5, 0.6) is 5.75 Å². The molecule has 0 heterocycles. The van der Waals surface area contributed by atoms with Gasteiger partial charge in [0.15, 0.2) is 17.4 Å². The molecule has 0 aliphatic carbocycles. The molecule has 0 saturated carbocycles. The highest BCUT2D eigenvalue weighted by atomic mass is 32.2. The lowest BCUT2D eigenvalue weighted by molar-refractivity contribution is -0.432. The van der Waals surface area contributed by atoms with Crippen LogP contribution in [0.2, 0.25) is 0 Å². The van der Waals surface area contributed by atoms with Gasteiger partial charge in [0.05, 0.1) is 19.2 Å². The maximum atomic E-state index is 13.0. The molecule has 14 heavy (non-hydrogen) atoms. The van der Waals surface area contributed by atoms with Crippen LogP contribution >= 0.6 is 12.0 Å². The Kier molecular flexibility index (Phi) is 4.08. The minimum atomic E-state index is -0.864. The third kappa shape index (κ3) is 2.55. The summed E-state index contributed by atoms with van der Waals surface area (Å²) in [5.74, 6) is -2.20. The Morgan fingerprint density at radius 2 is 1.86 bits per heavy atom. The van der Waals surface area contributed by atoms with Crippen LogP contribution in [0.15, 0.2) is 17.0 Å². The number of rotatable bonds is 4. The van der Waals surface area contributed by atoms with Crippen molar-refractivity contribution >= 4 is 12.0 Å². The summed E-state index contributed by atoms with van der Waals surface area (Å²) >= 11 is 0.460. The fraction of sp³-hybridized carbons (Fsp3) is 0.143. The first-order valence-corrected chi connectivity index (χ1v) is 4.11. The second-order valence-corrected chi connectivity index (χ2v) is 2.92. The molecular weight excluding hydrogens is 218 g/mol. The van der Waals surface area contributed by atoms with Crippen molar-refractivity contribution in [3.05, 3.63) is 23.8 Å². The van der Waals surface area contributed by atoms with Gasteiger partial charge >= 0.3 is 0 Å². The average molecular weight is 224 g/mol. The zero-order valence-electron chi connectivity index (χ0n) is 6.99. The van der Waals surface area contributed by atoms with Gasteiger partial charge in [0, 0.05) is 4.90 Å². The Hall–Kier alpha value is -0.890. The van der Waals surface area contributed by atoms with Gasteiger partial charge in [0.2, 0.25) is 0 Å². The summed E-state index contributed by atoms with van der Waals surface area (Å²) in [4.78, 5) is 0.0925. The normalized spacial score (nSPS) is 10.3. The molecule has 0 unspecified atom stereocenters. The van der Waals surface area contributed by atoms with Crippen molar-refractivity contribution in [1.29, 1.82) is 0 Å². The van der Waals surface area contributed by atoms with Gasteiger partial charge in [0.1, 0.15) is 0 Å². The van der Waals surface area contributed by atoms with Crippen molar-refractivity contribution in [3.63, 3.8) is 0 Å². The summed E-state index contributed by atoms with van der Waals surface area (Å²) in [7, 11) is 1.15. The van der Waals surface area contributed by atoms with E-state index in [9.17, 15) is 8.78 Å². The lowest BCUT2D eigenvalue weighted by Gasteiger charge is -2.04. The number of hydrogen-bond acceptors (Lipinski definition) is 5. The zero-order chi connectivity index (χ0) is 10.6. The molecule has 1 N–H and O–H groups in total. The molecule has 0 spiro atoms. The molecule has 1 aromatic carbocycles. The van der Waals surface area contributed by atoms with Crippen LogP contribution in [0, 0.1) is 11.6 Å². The van der Waals surface area contributed by atoms with E-state index in [0.717, 1.165) is 19.2 Å². The Bertz CT molecular complexity index is 298. The number of benzene rings is 1. The van der Waals surface area contributed by atoms with Crippen molar-refractivity contribution < 1.29 is 28.1 Å². The Balaban J connectivity index is 2.90. The van der Waals surface area contributed by atoms with Crippen molar-refractivity contribution in [2.45, 2.75) is 4.90 Å². The highest BCUT2D eigenvalue weighted by molar-refractivity contribution is 7.94. The van der Waals surface area contributed by atoms with Crippen molar-refractivity contribution in [2.24, 2.45) is 0 Å². The van der Waals surface area contributed by atoms with Gasteiger partial charge in [-0.15, -0.1) is 4.33 Å². The van der Waals surface area contributed by atoms with E-state index in [0.29, 0.717) is 12.0 Å². The van der Waals surface area contributed by atoms with Crippen LogP contribution in [0.25, 0.3) is 0 Å². The van der Waals surface area contributed by atoms with E-state index in [1.54, 1.807) is 0 Å². The maximum absolute atomic E-state index is 13.0. The first-order chi connectivity index (χ1) is 6.69. The van der Waals surface area contributed by atoms with Crippen LogP contribution in [0.3, 0.4) is 0 Å². The molecule has 0 aromatic heterocycles. The van der Waals surface area contributed by atoms with Gasteiger partial charge in [0.25, 0.3) is 0 Å². The fourth-order valence-electron chi connectivity index (χ4n) is 0.834.